The van der Waals surface area contributed by atoms with Crippen molar-refractivity contribution in [2.45, 2.75) is 20.8 Å². The third-order valence-electron chi connectivity index (χ3n) is 2.65. The lowest BCUT2D eigenvalue weighted by Crippen LogP contribution is -2.03. The Morgan fingerprint density at radius 1 is 1.00 bits per heavy atom. The quantitative estimate of drug-likeness (QED) is 0.829. The van der Waals surface area contributed by atoms with Gasteiger partial charge in [0.25, 0.3) is 0 Å². The van der Waals surface area contributed by atoms with Crippen molar-refractivity contribution in [2.75, 3.05) is 11.1 Å². The molecule has 0 aliphatic carbocycles. The zero-order valence-electron chi connectivity index (χ0n) is 10.3. The van der Waals surface area contributed by atoms with Gasteiger partial charge in [0, 0.05) is 18.1 Å². The molecule has 0 aliphatic heterocycles. The Kier molecular flexibility index (Phi) is 2.95. The Hall–Kier alpha value is -2.10. The van der Waals surface area contributed by atoms with Gasteiger partial charge in [0.05, 0.1) is 0 Å². The zero-order valence-corrected chi connectivity index (χ0v) is 10.3. The van der Waals surface area contributed by atoms with Gasteiger partial charge in [-0.1, -0.05) is 17.7 Å². The standard InChI is InChI=1S/C13H16N4/c1-8-6-9(2)11(10(3)7-8)17-13-12(14)15-4-5-16-13/h4-7H,1-3H3,(H2,14,15)(H,16,17). The van der Waals surface area contributed by atoms with Crippen LogP contribution in [-0.2, 0) is 0 Å². The smallest absolute Gasteiger partial charge is 0.173 e. The van der Waals surface area contributed by atoms with Gasteiger partial charge < -0.3 is 11.1 Å². The first-order valence-corrected chi connectivity index (χ1v) is 5.49. The van der Waals surface area contributed by atoms with E-state index in [2.05, 4.69) is 48.2 Å². The normalized spacial score (nSPS) is 10.3. The molecule has 0 spiro atoms. The first-order valence-electron chi connectivity index (χ1n) is 5.49. The predicted octanol–water partition coefficient (Wildman–Crippen LogP) is 2.73. The van der Waals surface area contributed by atoms with Crippen LogP contribution in [0.3, 0.4) is 0 Å². The van der Waals surface area contributed by atoms with E-state index in [0.29, 0.717) is 11.6 Å². The lowest BCUT2D eigenvalue weighted by atomic mass is 10.1. The van der Waals surface area contributed by atoms with E-state index in [0.717, 1.165) is 5.69 Å². The van der Waals surface area contributed by atoms with Crippen LogP contribution in [0.25, 0.3) is 0 Å². The van der Waals surface area contributed by atoms with Crippen LogP contribution in [0.2, 0.25) is 0 Å². The molecule has 0 saturated heterocycles. The number of anilines is 3. The second-order valence-electron chi connectivity index (χ2n) is 4.19. The van der Waals surface area contributed by atoms with Crippen LogP contribution < -0.4 is 11.1 Å². The summed E-state index contributed by atoms with van der Waals surface area (Å²) in [7, 11) is 0. The maximum Gasteiger partial charge on any atom is 0.173 e. The summed E-state index contributed by atoms with van der Waals surface area (Å²) in [6, 6.07) is 4.25. The summed E-state index contributed by atoms with van der Waals surface area (Å²) >= 11 is 0. The van der Waals surface area contributed by atoms with Gasteiger partial charge in [-0.3, -0.25) is 0 Å². The van der Waals surface area contributed by atoms with E-state index in [9.17, 15) is 0 Å². The van der Waals surface area contributed by atoms with Crippen molar-refractivity contribution < 1.29 is 0 Å². The fourth-order valence-electron chi connectivity index (χ4n) is 1.94. The lowest BCUT2D eigenvalue weighted by molar-refractivity contribution is 1.20. The van der Waals surface area contributed by atoms with Crippen LogP contribution in [0.4, 0.5) is 17.3 Å². The number of rotatable bonds is 2. The van der Waals surface area contributed by atoms with E-state index in [1.165, 1.54) is 16.7 Å². The molecule has 0 unspecified atom stereocenters. The minimum absolute atomic E-state index is 0.409. The van der Waals surface area contributed by atoms with E-state index in [1.807, 2.05) is 0 Å². The molecule has 2 rings (SSSR count). The highest BCUT2D eigenvalue weighted by atomic mass is 15.1. The van der Waals surface area contributed by atoms with Gasteiger partial charge in [-0.05, 0) is 31.9 Å². The Morgan fingerprint density at radius 2 is 1.59 bits per heavy atom. The van der Waals surface area contributed by atoms with Crippen molar-refractivity contribution in [3.63, 3.8) is 0 Å². The monoisotopic (exact) mass is 228 g/mol. The number of nitrogens with zero attached hydrogens (tertiary/aromatic N) is 2. The number of nitrogens with two attached hydrogens (primary N) is 1. The second kappa shape index (κ2) is 4.41. The van der Waals surface area contributed by atoms with Crippen LogP contribution in [-0.4, -0.2) is 9.97 Å². The molecule has 1 aromatic heterocycles. The molecule has 4 heteroatoms. The third kappa shape index (κ3) is 2.36. The molecular formula is C13H16N4. The average Bonchev–Trinajstić information content (AvgIpc) is 2.25. The Bertz CT molecular complexity index is 526. The number of nitrogens with one attached hydrogen (secondary N) is 1. The molecule has 2 aromatic rings. The number of benzene rings is 1. The molecule has 0 amide bonds. The van der Waals surface area contributed by atoms with Gasteiger partial charge in [0.1, 0.15) is 0 Å². The van der Waals surface area contributed by atoms with E-state index in [4.69, 9.17) is 5.73 Å². The van der Waals surface area contributed by atoms with Crippen LogP contribution in [0.1, 0.15) is 16.7 Å². The van der Waals surface area contributed by atoms with E-state index in [1.54, 1.807) is 12.4 Å². The van der Waals surface area contributed by atoms with Crippen molar-refractivity contribution in [3.8, 4) is 0 Å². The number of aryl methyl sites for hydroxylation is 3. The van der Waals surface area contributed by atoms with Gasteiger partial charge in [0.2, 0.25) is 0 Å². The average molecular weight is 228 g/mol. The minimum Gasteiger partial charge on any atom is -0.381 e. The first kappa shape index (κ1) is 11.4. The van der Waals surface area contributed by atoms with Crippen molar-refractivity contribution in [3.05, 3.63) is 41.2 Å². The van der Waals surface area contributed by atoms with Gasteiger partial charge in [0.15, 0.2) is 11.6 Å². The number of aromatic nitrogens is 2. The van der Waals surface area contributed by atoms with Crippen LogP contribution in [0, 0.1) is 20.8 Å². The van der Waals surface area contributed by atoms with Gasteiger partial charge >= 0.3 is 0 Å². The summed E-state index contributed by atoms with van der Waals surface area (Å²) in [5.41, 5.74) is 10.4. The summed E-state index contributed by atoms with van der Waals surface area (Å²) in [6.45, 7) is 6.21. The number of nitrogen functional groups attached to an aromatic ring is 1. The first-order chi connectivity index (χ1) is 8.08. The number of hydrogen-bond acceptors (Lipinski definition) is 4. The molecule has 4 nitrogen and oxygen atoms in total. The molecule has 0 fully saturated rings. The summed E-state index contributed by atoms with van der Waals surface area (Å²) in [5.74, 6) is 1.01. The highest BCUT2D eigenvalue weighted by Crippen LogP contribution is 2.26. The number of hydrogen-bond donors (Lipinski definition) is 2. The van der Waals surface area contributed by atoms with Crippen molar-refractivity contribution in [2.24, 2.45) is 0 Å². The van der Waals surface area contributed by atoms with E-state index < -0.39 is 0 Å². The zero-order chi connectivity index (χ0) is 12.4. The molecular weight excluding hydrogens is 212 g/mol. The van der Waals surface area contributed by atoms with Gasteiger partial charge in [-0.2, -0.15) is 0 Å². The third-order valence-corrected chi connectivity index (χ3v) is 2.65. The largest absolute Gasteiger partial charge is 0.381 e. The molecule has 0 aliphatic rings. The summed E-state index contributed by atoms with van der Waals surface area (Å²) in [5, 5.41) is 3.24. The molecule has 0 radical (unpaired) electrons. The fourth-order valence-corrected chi connectivity index (χ4v) is 1.94. The van der Waals surface area contributed by atoms with E-state index >= 15 is 0 Å². The van der Waals surface area contributed by atoms with E-state index in [-0.39, 0.29) is 0 Å². The second-order valence-corrected chi connectivity index (χ2v) is 4.19. The maximum atomic E-state index is 5.76. The van der Waals surface area contributed by atoms with Crippen LogP contribution >= 0.6 is 0 Å². The van der Waals surface area contributed by atoms with Gasteiger partial charge in [-0.15, -0.1) is 0 Å². The van der Waals surface area contributed by atoms with Crippen LogP contribution in [0.5, 0.6) is 0 Å². The molecule has 3 N–H and O–H groups in total. The maximum absolute atomic E-state index is 5.76. The minimum atomic E-state index is 0.409. The van der Waals surface area contributed by atoms with Gasteiger partial charge in [-0.25, -0.2) is 9.97 Å². The highest BCUT2D eigenvalue weighted by Gasteiger charge is 2.07. The fraction of sp³-hybridized carbons (Fsp3) is 0.231. The molecule has 0 atom stereocenters. The Morgan fingerprint density at radius 3 is 2.18 bits per heavy atom. The SMILES string of the molecule is Cc1cc(C)c(Nc2nccnc2N)c(C)c1. The Balaban J connectivity index is 2.40. The van der Waals surface area contributed by atoms with Crippen molar-refractivity contribution in [1.82, 2.24) is 9.97 Å². The van der Waals surface area contributed by atoms with Crippen LogP contribution in [0.15, 0.2) is 24.5 Å². The molecule has 1 aromatic carbocycles. The predicted molar refractivity (Wildman–Crippen MR) is 70.4 cm³/mol. The molecule has 0 bridgehead atoms. The molecule has 0 saturated carbocycles. The molecule has 88 valence electrons. The Labute approximate surface area is 101 Å². The van der Waals surface area contributed by atoms with Crippen molar-refractivity contribution in [1.29, 1.82) is 0 Å². The van der Waals surface area contributed by atoms with Crippen molar-refractivity contribution >= 4 is 17.3 Å². The highest BCUT2D eigenvalue weighted by molar-refractivity contribution is 5.70. The summed E-state index contributed by atoms with van der Waals surface area (Å²) < 4.78 is 0. The summed E-state index contributed by atoms with van der Waals surface area (Å²) in [4.78, 5) is 8.18. The molecule has 1 heterocycles. The molecule has 17 heavy (non-hydrogen) atoms. The lowest BCUT2D eigenvalue weighted by Gasteiger charge is -2.13. The topological polar surface area (TPSA) is 63.8 Å². The summed E-state index contributed by atoms with van der Waals surface area (Å²) in [6.07, 6.45) is 3.20.